The van der Waals surface area contributed by atoms with E-state index in [1.54, 1.807) is 17.5 Å². The van der Waals surface area contributed by atoms with Crippen LogP contribution in [0.4, 0.5) is 0 Å². The van der Waals surface area contributed by atoms with Crippen molar-refractivity contribution in [1.82, 2.24) is 20.1 Å². The number of fused-ring (bicyclic) bond motifs is 1. The molecule has 0 atom stereocenters. The van der Waals surface area contributed by atoms with Crippen molar-refractivity contribution in [2.45, 2.75) is 33.7 Å². The van der Waals surface area contributed by atoms with E-state index in [1.165, 1.54) is 9.75 Å². The molecule has 0 aliphatic heterocycles. The summed E-state index contributed by atoms with van der Waals surface area (Å²) in [6.45, 7) is 8.31. The van der Waals surface area contributed by atoms with Crippen LogP contribution in [-0.4, -0.2) is 38.9 Å². The zero-order valence-corrected chi connectivity index (χ0v) is 15.6. The molecule has 0 radical (unpaired) electrons. The molecule has 0 bridgehead atoms. The number of thiophene rings is 1. The van der Waals surface area contributed by atoms with Crippen molar-refractivity contribution in [2.75, 3.05) is 13.2 Å². The minimum atomic E-state index is -0.226. The maximum atomic E-state index is 12.6. The van der Waals surface area contributed by atoms with Gasteiger partial charge in [0.1, 0.15) is 0 Å². The van der Waals surface area contributed by atoms with E-state index >= 15 is 0 Å². The van der Waals surface area contributed by atoms with Gasteiger partial charge in [0.2, 0.25) is 0 Å². The van der Waals surface area contributed by atoms with Crippen LogP contribution in [-0.2, 0) is 0 Å². The van der Waals surface area contributed by atoms with Gasteiger partial charge in [0, 0.05) is 27.9 Å². The maximum absolute atomic E-state index is 12.6. The number of nitrogens with one attached hydrogen (secondary N) is 1. The monoisotopic (exact) mass is 358 g/mol. The number of carbonyl (C=O) groups excluding carboxylic acids is 1. The Morgan fingerprint density at radius 1 is 1.36 bits per heavy atom. The van der Waals surface area contributed by atoms with E-state index in [0.29, 0.717) is 11.2 Å². The maximum Gasteiger partial charge on any atom is 0.252 e. The number of amides is 1. The lowest BCUT2D eigenvalue weighted by atomic mass is 10.1. The van der Waals surface area contributed by atoms with E-state index in [4.69, 9.17) is 10.1 Å². The second kappa shape index (κ2) is 6.93. The lowest BCUT2D eigenvalue weighted by molar-refractivity contribution is 0.0946. The van der Waals surface area contributed by atoms with E-state index in [9.17, 15) is 4.79 Å². The first-order valence-electron chi connectivity index (χ1n) is 8.27. The molecule has 3 aromatic heterocycles. The molecule has 3 rings (SSSR count). The molecule has 0 saturated carbocycles. The fraction of sp³-hybridized carbons (Fsp3) is 0.389. The molecular weight excluding hydrogens is 336 g/mol. The Bertz CT molecular complexity index is 927. The standard InChI is InChI=1S/C18H22N4O2S/c1-10(2)22-17-15(9-20-22)14(18(24)19-5-6-23)8-16(21-17)13-7-11(3)25-12(13)4/h7-10,23H,5-6H2,1-4H3,(H,19,24). The Balaban J connectivity index is 2.22. The highest BCUT2D eigenvalue weighted by Gasteiger charge is 2.19. The van der Waals surface area contributed by atoms with Gasteiger partial charge in [-0.25, -0.2) is 9.67 Å². The first kappa shape index (κ1) is 17.6. The molecule has 0 spiro atoms. The van der Waals surface area contributed by atoms with Crippen molar-refractivity contribution >= 4 is 28.3 Å². The molecule has 132 valence electrons. The van der Waals surface area contributed by atoms with E-state index in [1.807, 2.05) is 24.6 Å². The number of nitrogens with zero attached hydrogens (tertiary/aromatic N) is 3. The lowest BCUT2D eigenvalue weighted by Crippen LogP contribution is -2.26. The van der Waals surface area contributed by atoms with Gasteiger partial charge in [0.15, 0.2) is 5.65 Å². The van der Waals surface area contributed by atoms with Gasteiger partial charge < -0.3 is 10.4 Å². The van der Waals surface area contributed by atoms with Gasteiger partial charge in [-0.2, -0.15) is 5.10 Å². The fourth-order valence-electron chi connectivity index (χ4n) is 2.87. The van der Waals surface area contributed by atoms with Crippen molar-refractivity contribution in [2.24, 2.45) is 0 Å². The van der Waals surface area contributed by atoms with Crippen LogP contribution in [0.3, 0.4) is 0 Å². The molecule has 0 saturated heterocycles. The molecule has 3 heterocycles. The van der Waals surface area contributed by atoms with Crippen molar-refractivity contribution in [1.29, 1.82) is 0 Å². The zero-order chi connectivity index (χ0) is 18.1. The summed E-state index contributed by atoms with van der Waals surface area (Å²) in [4.78, 5) is 19.8. The third-order valence-corrected chi connectivity index (χ3v) is 4.98. The third kappa shape index (κ3) is 3.29. The van der Waals surface area contributed by atoms with Crippen LogP contribution < -0.4 is 5.32 Å². The number of hydrogen-bond acceptors (Lipinski definition) is 5. The van der Waals surface area contributed by atoms with Gasteiger partial charge in [0.05, 0.1) is 29.4 Å². The second-order valence-electron chi connectivity index (χ2n) is 6.28. The average Bonchev–Trinajstić information content (AvgIpc) is 3.14. The summed E-state index contributed by atoms with van der Waals surface area (Å²) >= 11 is 1.71. The largest absolute Gasteiger partial charge is 0.395 e. The van der Waals surface area contributed by atoms with Crippen molar-refractivity contribution in [3.63, 3.8) is 0 Å². The Morgan fingerprint density at radius 3 is 2.72 bits per heavy atom. The van der Waals surface area contributed by atoms with Gasteiger partial charge in [-0.3, -0.25) is 4.79 Å². The highest BCUT2D eigenvalue weighted by atomic mass is 32.1. The Kier molecular flexibility index (Phi) is 4.87. The molecule has 0 unspecified atom stereocenters. The minimum absolute atomic E-state index is 0.0963. The summed E-state index contributed by atoms with van der Waals surface area (Å²) in [6, 6.07) is 4.05. The highest BCUT2D eigenvalue weighted by molar-refractivity contribution is 7.12. The molecule has 0 fully saturated rings. The molecule has 2 N–H and O–H groups in total. The van der Waals surface area contributed by atoms with Gasteiger partial charge in [-0.15, -0.1) is 11.3 Å². The summed E-state index contributed by atoms with van der Waals surface area (Å²) in [5, 5.41) is 16.8. The molecule has 25 heavy (non-hydrogen) atoms. The topological polar surface area (TPSA) is 80.0 Å². The Morgan fingerprint density at radius 2 is 2.12 bits per heavy atom. The molecule has 0 aliphatic carbocycles. The van der Waals surface area contributed by atoms with Crippen LogP contribution in [0.25, 0.3) is 22.3 Å². The molecule has 6 nitrogen and oxygen atoms in total. The lowest BCUT2D eigenvalue weighted by Gasteiger charge is -2.10. The number of aryl methyl sites for hydroxylation is 2. The van der Waals surface area contributed by atoms with Gasteiger partial charge >= 0.3 is 0 Å². The van der Waals surface area contributed by atoms with E-state index in [0.717, 1.165) is 16.6 Å². The van der Waals surface area contributed by atoms with Gasteiger partial charge in [-0.1, -0.05) is 0 Å². The fourth-order valence-corrected chi connectivity index (χ4v) is 3.80. The SMILES string of the molecule is Cc1cc(-c2cc(C(=O)NCCO)c3cnn(C(C)C)c3n2)c(C)s1. The van der Waals surface area contributed by atoms with Crippen LogP contribution >= 0.6 is 11.3 Å². The molecule has 3 aromatic rings. The molecule has 0 aromatic carbocycles. The number of carbonyl (C=O) groups is 1. The number of aromatic nitrogens is 3. The summed E-state index contributed by atoms with van der Waals surface area (Å²) in [5.41, 5.74) is 3.04. The van der Waals surface area contributed by atoms with Crippen molar-refractivity contribution in [3.05, 3.63) is 33.6 Å². The van der Waals surface area contributed by atoms with Gasteiger partial charge in [0.25, 0.3) is 5.91 Å². The van der Waals surface area contributed by atoms with E-state index in [2.05, 4.69) is 30.3 Å². The molecular formula is C18H22N4O2S. The first-order chi connectivity index (χ1) is 11.9. The van der Waals surface area contributed by atoms with Crippen LogP contribution in [0.15, 0.2) is 18.3 Å². The Hall–Kier alpha value is -2.25. The quantitative estimate of drug-likeness (QED) is 0.734. The van der Waals surface area contributed by atoms with Gasteiger partial charge in [-0.05, 0) is 39.8 Å². The van der Waals surface area contributed by atoms with Crippen LogP contribution in [0.2, 0.25) is 0 Å². The summed E-state index contributed by atoms with van der Waals surface area (Å²) in [5.74, 6) is -0.226. The van der Waals surface area contributed by atoms with E-state index in [-0.39, 0.29) is 25.1 Å². The predicted molar refractivity (Wildman–Crippen MR) is 100 cm³/mol. The third-order valence-electron chi connectivity index (χ3n) is 4.01. The zero-order valence-electron chi connectivity index (χ0n) is 14.8. The smallest absolute Gasteiger partial charge is 0.252 e. The summed E-state index contributed by atoms with van der Waals surface area (Å²) in [7, 11) is 0. The average molecular weight is 358 g/mol. The number of hydrogen-bond donors (Lipinski definition) is 2. The number of rotatable bonds is 5. The highest BCUT2D eigenvalue weighted by Crippen LogP contribution is 2.32. The Labute approximate surface area is 150 Å². The predicted octanol–water partition coefficient (Wildman–Crippen LogP) is 3.08. The van der Waals surface area contributed by atoms with Crippen molar-refractivity contribution < 1.29 is 9.90 Å². The molecule has 1 amide bonds. The van der Waals surface area contributed by atoms with E-state index < -0.39 is 0 Å². The number of aliphatic hydroxyl groups is 1. The number of pyridine rings is 1. The van der Waals surface area contributed by atoms with Crippen molar-refractivity contribution in [3.8, 4) is 11.3 Å². The van der Waals surface area contributed by atoms with Crippen LogP contribution in [0.5, 0.6) is 0 Å². The summed E-state index contributed by atoms with van der Waals surface area (Å²) in [6.07, 6.45) is 1.69. The summed E-state index contributed by atoms with van der Waals surface area (Å²) < 4.78 is 1.83. The number of aliphatic hydroxyl groups excluding tert-OH is 1. The van der Waals surface area contributed by atoms with Crippen LogP contribution in [0.1, 0.15) is 40.0 Å². The second-order valence-corrected chi connectivity index (χ2v) is 7.74. The normalized spacial score (nSPS) is 11.4. The first-order valence-corrected chi connectivity index (χ1v) is 9.08. The molecule has 7 heteroatoms. The minimum Gasteiger partial charge on any atom is -0.395 e. The van der Waals surface area contributed by atoms with Crippen LogP contribution in [0, 0.1) is 13.8 Å². The molecule has 0 aliphatic rings.